The normalized spacial score (nSPS) is 10.8. The van der Waals surface area contributed by atoms with Crippen LogP contribution in [0.2, 0.25) is 5.28 Å². The van der Waals surface area contributed by atoms with Gasteiger partial charge < -0.3 is 10.6 Å². The first-order valence-electron chi connectivity index (χ1n) is 9.20. The molecule has 5 rings (SSSR count). The lowest BCUT2D eigenvalue weighted by atomic mass is 10.2. The van der Waals surface area contributed by atoms with Gasteiger partial charge in [-0.3, -0.25) is 0 Å². The molecule has 0 spiro atoms. The van der Waals surface area contributed by atoms with Crippen molar-refractivity contribution >= 4 is 56.4 Å². The molecule has 6 nitrogen and oxygen atoms in total. The molecule has 0 fully saturated rings. The molecule has 0 aliphatic heterocycles. The molecule has 146 valence electrons. The average Bonchev–Trinajstić information content (AvgIpc) is 3.18. The predicted octanol–water partition coefficient (Wildman–Crippen LogP) is 6.29. The van der Waals surface area contributed by atoms with E-state index < -0.39 is 0 Å². The Bertz CT molecular complexity index is 1290. The molecule has 8 heteroatoms. The van der Waals surface area contributed by atoms with Gasteiger partial charge >= 0.3 is 0 Å². The van der Waals surface area contributed by atoms with E-state index in [0.29, 0.717) is 11.9 Å². The molecule has 0 saturated carbocycles. The fraction of sp³-hybridized carbons (Fsp3) is 0. The number of nitrogens with one attached hydrogen (secondary N) is 2. The summed E-state index contributed by atoms with van der Waals surface area (Å²) in [5.41, 5.74) is 3.64. The quantitative estimate of drug-likeness (QED) is 0.341. The minimum Gasteiger partial charge on any atom is -0.324 e. The molecule has 2 heterocycles. The van der Waals surface area contributed by atoms with E-state index in [1.807, 2.05) is 72.8 Å². The van der Waals surface area contributed by atoms with Crippen molar-refractivity contribution in [2.75, 3.05) is 10.6 Å². The minimum absolute atomic E-state index is 0.100. The number of hydrogen-bond acceptors (Lipinski definition) is 7. The number of nitrogens with zero attached hydrogens (tertiary/aromatic N) is 4. The molecule has 2 N–H and O–H groups in total. The number of rotatable bonds is 5. The van der Waals surface area contributed by atoms with Crippen LogP contribution in [0.1, 0.15) is 0 Å². The first kappa shape index (κ1) is 18.5. The van der Waals surface area contributed by atoms with Crippen molar-refractivity contribution < 1.29 is 0 Å². The van der Waals surface area contributed by atoms with Crippen molar-refractivity contribution in [3.63, 3.8) is 0 Å². The molecular formula is C22H15ClN6S. The van der Waals surface area contributed by atoms with Crippen LogP contribution in [0.15, 0.2) is 78.9 Å². The molecule has 3 aromatic carbocycles. The highest BCUT2D eigenvalue weighted by Crippen LogP contribution is 2.35. The van der Waals surface area contributed by atoms with E-state index in [0.717, 1.165) is 32.2 Å². The first-order chi connectivity index (χ1) is 14.7. The van der Waals surface area contributed by atoms with E-state index in [1.54, 1.807) is 11.3 Å². The third-order valence-corrected chi connectivity index (χ3v) is 5.57. The third kappa shape index (κ3) is 3.94. The van der Waals surface area contributed by atoms with Crippen LogP contribution in [0.25, 0.3) is 20.8 Å². The Hall–Kier alpha value is -3.55. The van der Waals surface area contributed by atoms with Gasteiger partial charge in [0.2, 0.25) is 17.2 Å². The minimum atomic E-state index is 0.100. The molecule has 0 atom stereocenters. The Morgan fingerprint density at radius 3 is 2.20 bits per heavy atom. The zero-order valence-electron chi connectivity index (χ0n) is 15.6. The van der Waals surface area contributed by atoms with Crippen LogP contribution < -0.4 is 10.6 Å². The highest BCUT2D eigenvalue weighted by molar-refractivity contribution is 7.21. The number of fused-ring (bicyclic) bond motifs is 1. The van der Waals surface area contributed by atoms with E-state index >= 15 is 0 Å². The Labute approximate surface area is 181 Å². The second kappa shape index (κ2) is 8.06. The molecule has 0 amide bonds. The van der Waals surface area contributed by atoms with Crippen molar-refractivity contribution in [1.82, 2.24) is 19.9 Å². The standard InChI is InChI=1S/C22H15ClN6S/c23-20-27-21(24-14-8-2-1-3-9-14)29-22(28-20)26-16-11-5-4-10-15(16)19-25-17-12-6-7-13-18(17)30-19/h1-13H,(H2,24,26,27,28,29). The maximum absolute atomic E-state index is 6.14. The van der Waals surface area contributed by atoms with E-state index in [1.165, 1.54) is 0 Å². The van der Waals surface area contributed by atoms with Crippen LogP contribution in [-0.4, -0.2) is 19.9 Å². The zero-order chi connectivity index (χ0) is 20.3. The van der Waals surface area contributed by atoms with Gasteiger partial charge in [0.05, 0.1) is 15.9 Å². The molecule has 0 saturated heterocycles. The highest BCUT2D eigenvalue weighted by Gasteiger charge is 2.12. The SMILES string of the molecule is Clc1nc(Nc2ccccc2)nc(Nc2ccccc2-c2nc3ccccc3s2)n1. The summed E-state index contributed by atoms with van der Waals surface area (Å²) >= 11 is 7.78. The van der Waals surface area contributed by atoms with Gasteiger partial charge in [0.15, 0.2) is 0 Å². The van der Waals surface area contributed by atoms with Gasteiger partial charge in [0.25, 0.3) is 0 Å². The van der Waals surface area contributed by atoms with Gasteiger partial charge in [-0.1, -0.05) is 42.5 Å². The second-order valence-electron chi connectivity index (χ2n) is 6.40. The van der Waals surface area contributed by atoms with Gasteiger partial charge in [0, 0.05) is 11.3 Å². The zero-order valence-corrected chi connectivity index (χ0v) is 17.2. The largest absolute Gasteiger partial charge is 0.324 e. The van der Waals surface area contributed by atoms with Gasteiger partial charge in [-0.2, -0.15) is 15.0 Å². The Balaban J connectivity index is 1.48. The summed E-state index contributed by atoms with van der Waals surface area (Å²) < 4.78 is 1.14. The Morgan fingerprint density at radius 2 is 1.37 bits per heavy atom. The van der Waals surface area contributed by atoms with Crippen LogP contribution >= 0.6 is 22.9 Å². The number of para-hydroxylation sites is 3. The summed E-state index contributed by atoms with van der Waals surface area (Å²) in [6.45, 7) is 0. The maximum Gasteiger partial charge on any atom is 0.233 e. The molecule has 0 aliphatic rings. The lowest BCUT2D eigenvalue weighted by Gasteiger charge is -2.11. The summed E-state index contributed by atoms with van der Waals surface area (Å²) in [7, 11) is 0. The number of hydrogen-bond donors (Lipinski definition) is 2. The number of aromatic nitrogens is 4. The molecule has 5 aromatic rings. The van der Waals surface area contributed by atoms with Crippen molar-refractivity contribution in [2.24, 2.45) is 0 Å². The van der Waals surface area contributed by atoms with Gasteiger partial charge in [-0.05, 0) is 48.0 Å². The molecule has 0 bridgehead atoms. The van der Waals surface area contributed by atoms with Crippen LogP contribution in [0.4, 0.5) is 23.3 Å². The molecular weight excluding hydrogens is 416 g/mol. The van der Waals surface area contributed by atoms with Crippen LogP contribution in [0.3, 0.4) is 0 Å². The monoisotopic (exact) mass is 430 g/mol. The summed E-state index contributed by atoms with van der Waals surface area (Å²) in [6.07, 6.45) is 0. The van der Waals surface area contributed by atoms with E-state index in [2.05, 4.69) is 31.7 Å². The van der Waals surface area contributed by atoms with E-state index in [-0.39, 0.29) is 5.28 Å². The first-order valence-corrected chi connectivity index (χ1v) is 10.4. The summed E-state index contributed by atoms with van der Waals surface area (Å²) in [5.74, 6) is 0.711. The summed E-state index contributed by atoms with van der Waals surface area (Å²) in [5, 5.41) is 7.42. The average molecular weight is 431 g/mol. The topological polar surface area (TPSA) is 75.6 Å². The Morgan fingerprint density at radius 1 is 0.667 bits per heavy atom. The van der Waals surface area contributed by atoms with Crippen molar-refractivity contribution in [3.8, 4) is 10.6 Å². The molecule has 30 heavy (non-hydrogen) atoms. The lowest BCUT2D eigenvalue weighted by molar-refractivity contribution is 1.06. The Kier molecular flexibility index (Phi) is 4.96. The molecule has 2 aromatic heterocycles. The summed E-state index contributed by atoms with van der Waals surface area (Å²) in [6, 6.07) is 25.6. The van der Waals surface area contributed by atoms with Gasteiger partial charge in [-0.15, -0.1) is 11.3 Å². The van der Waals surface area contributed by atoms with Crippen molar-refractivity contribution in [2.45, 2.75) is 0 Å². The maximum atomic E-state index is 6.14. The second-order valence-corrected chi connectivity index (χ2v) is 7.77. The predicted molar refractivity (Wildman–Crippen MR) is 123 cm³/mol. The fourth-order valence-corrected chi connectivity index (χ4v) is 4.16. The molecule has 0 aliphatic carbocycles. The smallest absolute Gasteiger partial charge is 0.233 e. The van der Waals surface area contributed by atoms with Crippen LogP contribution in [0.5, 0.6) is 0 Å². The van der Waals surface area contributed by atoms with E-state index in [4.69, 9.17) is 16.6 Å². The molecule has 0 radical (unpaired) electrons. The van der Waals surface area contributed by atoms with Crippen molar-refractivity contribution in [3.05, 3.63) is 84.1 Å². The van der Waals surface area contributed by atoms with E-state index in [9.17, 15) is 0 Å². The number of benzene rings is 3. The van der Waals surface area contributed by atoms with Gasteiger partial charge in [-0.25, -0.2) is 4.98 Å². The van der Waals surface area contributed by atoms with Crippen molar-refractivity contribution in [1.29, 1.82) is 0 Å². The van der Waals surface area contributed by atoms with Gasteiger partial charge in [0.1, 0.15) is 5.01 Å². The number of thiazole rings is 1. The van der Waals surface area contributed by atoms with Crippen LogP contribution in [-0.2, 0) is 0 Å². The third-order valence-electron chi connectivity index (χ3n) is 4.34. The summed E-state index contributed by atoms with van der Waals surface area (Å²) in [4.78, 5) is 17.6. The lowest BCUT2D eigenvalue weighted by Crippen LogP contribution is -2.04. The molecule has 0 unspecified atom stereocenters. The van der Waals surface area contributed by atoms with Crippen LogP contribution in [0, 0.1) is 0 Å². The number of anilines is 4. The highest BCUT2D eigenvalue weighted by atomic mass is 35.5. The fourth-order valence-electron chi connectivity index (χ4n) is 3.00. The number of halogens is 1.